The Morgan fingerprint density at radius 1 is 0.941 bits per heavy atom. The lowest BCUT2D eigenvalue weighted by molar-refractivity contribution is 0.185. The number of unbranched alkanes of at least 4 members (excludes halogenated alkanes) is 4. The fraction of sp³-hybridized carbons (Fsp3) is 0.600. The molecule has 1 aromatic carbocycles. The largest absolute Gasteiger partial charge is 0.494 e. The molecule has 0 spiro atoms. The number of hydrogen-bond acceptors (Lipinski definition) is 2. The van der Waals surface area contributed by atoms with E-state index in [9.17, 15) is 0 Å². The normalized spacial score (nSPS) is 10.5. The predicted octanol–water partition coefficient (Wildman–Crippen LogP) is 4.18. The highest BCUT2D eigenvalue weighted by molar-refractivity contribution is 5.26. The summed E-state index contributed by atoms with van der Waals surface area (Å²) in [6.07, 6.45) is 6.38. The van der Waals surface area contributed by atoms with Crippen molar-refractivity contribution in [1.82, 2.24) is 0 Å². The number of hydrogen-bond donors (Lipinski definition) is 0. The first-order chi connectivity index (χ1) is 8.36. The molecule has 1 aromatic rings. The van der Waals surface area contributed by atoms with Crippen LogP contribution in [-0.4, -0.2) is 13.7 Å². The highest BCUT2D eigenvalue weighted by Crippen LogP contribution is 2.13. The minimum atomic E-state index is 0.664. The van der Waals surface area contributed by atoms with Crippen molar-refractivity contribution in [3.05, 3.63) is 29.8 Å². The topological polar surface area (TPSA) is 18.5 Å². The summed E-state index contributed by atoms with van der Waals surface area (Å²) < 4.78 is 10.7. The van der Waals surface area contributed by atoms with E-state index in [0.29, 0.717) is 6.61 Å². The maximum absolute atomic E-state index is 5.68. The zero-order chi connectivity index (χ0) is 12.3. The minimum absolute atomic E-state index is 0.664. The summed E-state index contributed by atoms with van der Waals surface area (Å²) in [5, 5.41) is 0. The summed E-state index contributed by atoms with van der Waals surface area (Å²) in [5.74, 6) is 0.959. The van der Waals surface area contributed by atoms with Gasteiger partial charge in [0.15, 0.2) is 0 Å². The van der Waals surface area contributed by atoms with Gasteiger partial charge in [-0.2, -0.15) is 0 Å². The Hall–Kier alpha value is -1.02. The van der Waals surface area contributed by atoms with E-state index in [-0.39, 0.29) is 0 Å². The van der Waals surface area contributed by atoms with E-state index < -0.39 is 0 Å². The molecule has 0 aliphatic heterocycles. The van der Waals surface area contributed by atoms with Gasteiger partial charge in [-0.1, -0.05) is 44.7 Å². The van der Waals surface area contributed by atoms with Crippen molar-refractivity contribution < 1.29 is 9.47 Å². The fourth-order valence-electron chi connectivity index (χ4n) is 1.74. The van der Waals surface area contributed by atoms with Gasteiger partial charge in [0, 0.05) is 7.11 Å². The van der Waals surface area contributed by atoms with E-state index in [2.05, 4.69) is 19.1 Å². The molecule has 0 heterocycles. The maximum atomic E-state index is 5.68. The Morgan fingerprint density at radius 3 is 2.29 bits per heavy atom. The summed E-state index contributed by atoms with van der Waals surface area (Å²) in [6, 6.07) is 8.13. The molecule has 0 atom stereocenters. The van der Waals surface area contributed by atoms with E-state index in [0.717, 1.165) is 18.8 Å². The van der Waals surface area contributed by atoms with Gasteiger partial charge in [-0.25, -0.2) is 0 Å². The van der Waals surface area contributed by atoms with E-state index in [1.807, 2.05) is 12.1 Å². The summed E-state index contributed by atoms with van der Waals surface area (Å²) in [5.41, 5.74) is 1.18. The lowest BCUT2D eigenvalue weighted by Gasteiger charge is -2.07. The first-order valence-electron chi connectivity index (χ1n) is 6.57. The molecule has 0 bridgehead atoms. The van der Waals surface area contributed by atoms with Gasteiger partial charge in [0.25, 0.3) is 0 Å². The van der Waals surface area contributed by atoms with E-state index in [4.69, 9.17) is 9.47 Å². The standard InChI is InChI=1S/C15H24O2/c1-3-4-5-6-7-12-17-15-10-8-14(9-11-15)13-16-2/h8-11H,3-7,12-13H2,1-2H3. The fourth-order valence-corrected chi connectivity index (χ4v) is 1.74. The van der Waals surface area contributed by atoms with Crippen LogP contribution in [0.25, 0.3) is 0 Å². The lowest BCUT2D eigenvalue weighted by Crippen LogP contribution is -1.97. The molecular formula is C15H24O2. The molecule has 0 amide bonds. The third kappa shape index (κ3) is 6.32. The van der Waals surface area contributed by atoms with Crippen molar-refractivity contribution in [2.75, 3.05) is 13.7 Å². The molecule has 2 heteroatoms. The number of benzene rings is 1. The molecule has 17 heavy (non-hydrogen) atoms. The third-order valence-corrected chi connectivity index (χ3v) is 2.75. The van der Waals surface area contributed by atoms with Gasteiger partial charge in [0.2, 0.25) is 0 Å². The Labute approximate surface area is 105 Å². The first-order valence-corrected chi connectivity index (χ1v) is 6.57. The molecule has 0 radical (unpaired) electrons. The van der Waals surface area contributed by atoms with Crippen LogP contribution in [0.2, 0.25) is 0 Å². The van der Waals surface area contributed by atoms with Gasteiger partial charge in [-0.3, -0.25) is 0 Å². The molecule has 0 saturated heterocycles. The van der Waals surface area contributed by atoms with Crippen LogP contribution in [0.15, 0.2) is 24.3 Å². The molecule has 0 saturated carbocycles. The van der Waals surface area contributed by atoms with Crippen LogP contribution in [0.4, 0.5) is 0 Å². The molecule has 0 N–H and O–H groups in total. The average molecular weight is 236 g/mol. The molecule has 96 valence electrons. The number of rotatable bonds is 9. The maximum Gasteiger partial charge on any atom is 0.119 e. The lowest BCUT2D eigenvalue weighted by atomic mass is 10.2. The Bertz CT molecular complexity index is 279. The minimum Gasteiger partial charge on any atom is -0.494 e. The van der Waals surface area contributed by atoms with Crippen molar-refractivity contribution in [3.63, 3.8) is 0 Å². The van der Waals surface area contributed by atoms with Crippen molar-refractivity contribution in [2.45, 2.75) is 45.6 Å². The molecule has 0 aromatic heterocycles. The van der Waals surface area contributed by atoms with E-state index in [1.165, 1.54) is 31.2 Å². The second-order valence-electron chi connectivity index (χ2n) is 4.34. The SMILES string of the molecule is CCCCCCCOc1ccc(COC)cc1. The van der Waals surface area contributed by atoms with Crippen LogP contribution in [0.3, 0.4) is 0 Å². The van der Waals surface area contributed by atoms with Crippen LogP contribution < -0.4 is 4.74 Å². The van der Waals surface area contributed by atoms with Crippen LogP contribution >= 0.6 is 0 Å². The van der Waals surface area contributed by atoms with Crippen molar-refractivity contribution in [2.24, 2.45) is 0 Å². The van der Waals surface area contributed by atoms with Crippen molar-refractivity contribution in [1.29, 1.82) is 0 Å². The molecule has 2 nitrogen and oxygen atoms in total. The zero-order valence-corrected chi connectivity index (χ0v) is 11.1. The summed E-state index contributed by atoms with van der Waals surface area (Å²) >= 11 is 0. The zero-order valence-electron chi connectivity index (χ0n) is 11.1. The molecule has 0 unspecified atom stereocenters. The van der Waals surface area contributed by atoms with Gasteiger partial charge in [0.1, 0.15) is 5.75 Å². The van der Waals surface area contributed by atoms with Gasteiger partial charge < -0.3 is 9.47 Å². The Morgan fingerprint density at radius 2 is 1.65 bits per heavy atom. The third-order valence-electron chi connectivity index (χ3n) is 2.75. The summed E-state index contributed by atoms with van der Waals surface area (Å²) in [7, 11) is 1.71. The summed E-state index contributed by atoms with van der Waals surface area (Å²) in [6.45, 7) is 3.72. The molecule has 0 fully saturated rings. The number of methoxy groups -OCH3 is 1. The molecular weight excluding hydrogens is 212 g/mol. The average Bonchev–Trinajstić information content (AvgIpc) is 2.36. The van der Waals surface area contributed by atoms with Gasteiger partial charge >= 0.3 is 0 Å². The van der Waals surface area contributed by atoms with Gasteiger partial charge in [-0.15, -0.1) is 0 Å². The first kappa shape index (κ1) is 14.0. The Balaban J connectivity index is 2.14. The van der Waals surface area contributed by atoms with E-state index in [1.54, 1.807) is 7.11 Å². The van der Waals surface area contributed by atoms with Crippen LogP contribution in [-0.2, 0) is 11.3 Å². The van der Waals surface area contributed by atoms with Crippen LogP contribution in [0.1, 0.15) is 44.6 Å². The summed E-state index contributed by atoms with van der Waals surface area (Å²) in [4.78, 5) is 0. The Kier molecular flexibility index (Phi) is 7.48. The highest BCUT2D eigenvalue weighted by atomic mass is 16.5. The van der Waals surface area contributed by atoms with Crippen LogP contribution in [0.5, 0.6) is 5.75 Å². The second kappa shape index (κ2) is 9.06. The van der Waals surface area contributed by atoms with Gasteiger partial charge in [-0.05, 0) is 24.1 Å². The highest BCUT2D eigenvalue weighted by Gasteiger charge is 1.95. The predicted molar refractivity (Wildman–Crippen MR) is 71.4 cm³/mol. The van der Waals surface area contributed by atoms with Crippen LogP contribution in [0, 0.1) is 0 Å². The molecule has 0 aliphatic rings. The number of ether oxygens (including phenoxy) is 2. The molecule has 0 aliphatic carbocycles. The molecule has 1 rings (SSSR count). The van der Waals surface area contributed by atoms with Crippen molar-refractivity contribution in [3.8, 4) is 5.75 Å². The smallest absolute Gasteiger partial charge is 0.119 e. The second-order valence-corrected chi connectivity index (χ2v) is 4.34. The quantitative estimate of drug-likeness (QED) is 0.599. The van der Waals surface area contributed by atoms with Gasteiger partial charge in [0.05, 0.1) is 13.2 Å². The van der Waals surface area contributed by atoms with Crippen molar-refractivity contribution >= 4 is 0 Å². The van der Waals surface area contributed by atoms with E-state index >= 15 is 0 Å². The monoisotopic (exact) mass is 236 g/mol.